The summed E-state index contributed by atoms with van der Waals surface area (Å²) in [5.41, 5.74) is 7.73. The van der Waals surface area contributed by atoms with Crippen molar-refractivity contribution in [3.8, 4) is 5.75 Å². The van der Waals surface area contributed by atoms with E-state index in [4.69, 9.17) is 22.1 Å². The first-order valence-corrected chi connectivity index (χ1v) is 7.76. The van der Waals surface area contributed by atoms with Crippen LogP contribution in [0, 0.1) is 0 Å². The van der Waals surface area contributed by atoms with E-state index in [1.165, 1.54) is 0 Å². The van der Waals surface area contributed by atoms with E-state index in [-0.39, 0.29) is 11.9 Å². The van der Waals surface area contributed by atoms with Crippen molar-refractivity contribution in [2.45, 2.75) is 19.4 Å². The van der Waals surface area contributed by atoms with Gasteiger partial charge in [0.15, 0.2) is 0 Å². The number of amides is 1. The fourth-order valence-corrected chi connectivity index (χ4v) is 2.69. The Balaban J connectivity index is 2.15. The molecule has 0 heterocycles. The minimum atomic E-state index is -0.127. The highest BCUT2D eigenvalue weighted by molar-refractivity contribution is 6.34. The van der Waals surface area contributed by atoms with Crippen LogP contribution in [0.2, 0.25) is 5.02 Å². The molecule has 5 heteroatoms. The van der Waals surface area contributed by atoms with E-state index < -0.39 is 0 Å². The Morgan fingerprint density at radius 3 is 2.65 bits per heavy atom. The van der Waals surface area contributed by atoms with Crippen LogP contribution in [0.1, 0.15) is 22.8 Å². The van der Waals surface area contributed by atoms with Gasteiger partial charge in [0, 0.05) is 18.8 Å². The van der Waals surface area contributed by atoms with Crippen LogP contribution in [-0.2, 0) is 6.42 Å². The Kier molecular flexibility index (Phi) is 5.50. The second-order valence-electron chi connectivity index (χ2n) is 5.52. The lowest BCUT2D eigenvalue weighted by Gasteiger charge is -2.26. The summed E-state index contributed by atoms with van der Waals surface area (Å²) in [4.78, 5) is 14.3. The molecule has 2 N–H and O–H groups in total. The van der Waals surface area contributed by atoms with Gasteiger partial charge in [0.05, 0.1) is 17.7 Å². The smallest absolute Gasteiger partial charge is 0.255 e. The Bertz CT molecular complexity index is 703. The van der Waals surface area contributed by atoms with E-state index in [1.807, 2.05) is 31.2 Å². The average Bonchev–Trinajstić information content (AvgIpc) is 2.54. The Hall–Kier alpha value is -2.20. The van der Waals surface area contributed by atoms with Crippen molar-refractivity contribution in [2.24, 2.45) is 0 Å². The summed E-state index contributed by atoms with van der Waals surface area (Å²) in [5.74, 6) is 0.697. The number of carbonyl (C=O) groups is 1. The summed E-state index contributed by atoms with van der Waals surface area (Å²) in [6.45, 7) is 2.00. The first-order chi connectivity index (χ1) is 10.9. The van der Waals surface area contributed by atoms with Gasteiger partial charge in [0.25, 0.3) is 5.91 Å². The molecule has 0 radical (unpaired) electrons. The number of methoxy groups -OCH3 is 1. The van der Waals surface area contributed by atoms with E-state index >= 15 is 0 Å². The number of benzene rings is 2. The minimum Gasteiger partial charge on any atom is -0.496 e. The molecule has 0 saturated heterocycles. The van der Waals surface area contributed by atoms with Gasteiger partial charge in [-0.3, -0.25) is 4.79 Å². The number of rotatable bonds is 5. The van der Waals surface area contributed by atoms with Crippen molar-refractivity contribution in [3.05, 3.63) is 58.6 Å². The Labute approximate surface area is 141 Å². The molecule has 0 aliphatic rings. The molecule has 122 valence electrons. The molecule has 0 spiro atoms. The van der Waals surface area contributed by atoms with Gasteiger partial charge in [-0.25, -0.2) is 0 Å². The number of likely N-dealkylation sites (N-methyl/N-ethyl adjacent to an activating group) is 1. The van der Waals surface area contributed by atoms with Crippen molar-refractivity contribution >= 4 is 23.2 Å². The van der Waals surface area contributed by atoms with Crippen LogP contribution in [-0.4, -0.2) is 31.0 Å². The first kappa shape index (κ1) is 17.2. The minimum absolute atomic E-state index is 0.00702. The van der Waals surface area contributed by atoms with Crippen molar-refractivity contribution in [1.82, 2.24) is 4.90 Å². The van der Waals surface area contributed by atoms with E-state index in [2.05, 4.69) is 0 Å². The van der Waals surface area contributed by atoms with E-state index in [0.717, 1.165) is 11.3 Å². The molecule has 2 aromatic rings. The average molecular weight is 333 g/mol. The maximum atomic E-state index is 12.6. The molecule has 0 aliphatic heterocycles. The number of para-hydroxylation sites is 1. The Morgan fingerprint density at radius 1 is 1.30 bits per heavy atom. The van der Waals surface area contributed by atoms with Gasteiger partial charge < -0.3 is 15.4 Å². The van der Waals surface area contributed by atoms with Crippen LogP contribution in [0.5, 0.6) is 5.75 Å². The highest BCUT2D eigenvalue weighted by Crippen LogP contribution is 2.23. The zero-order valence-corrected chi connectivity index (χ0v) is 14.3. The van der Waals surface area contributed by atoms with Crippen molar-refractivity contribution in [1.29, 1.82) is 0 Å². The van der Waals surface area contributed by atoms with Gasteiger partial charge in [-0.15, -0.1) is 0 Å². The second-order valence-corrected chi connectivity index (χ2v) is 5.93. The van der Waals surface area contributed by atoms with Gasteiger partial charge >= 0.3 is 0 Å². The molecule has 1 amide bonds. The predicted octanol–water partition coefficient (Wildman–Crippen LogP) is 3.63. The van der Waals surface area contributed by atoms with Gasteiger partial charge in [0.1, 0.15) is 5.75 Å². The molecular weight excluding hydrogens is 312 g/mol. The van der Waals surface area contributed by atoms with Crippen LogP contribution >= 0.6 is 11.6 Å². The largest absolute Gasteiger partial charge is 0.496 e. The summed E-state index contributed by atoms with van der Waals surface area (Å²) in [5, 5.41) is 0.367. The van der Waals surface area contributed by atoms with Crippen LogP contribution < -0.4 is 10.5 Å². The van der Waals surface area contributed by atoms with Gasteiger partial charge in [-0.05, 0) is 43.2 Å². The van der Waals surface area contributed by atoms with Gasteiger partial charge in [-0.2, -0.15) is 0 Å². The summed E-state index contributed by atoms with van der Waals surface area (Å²) in [6.07, 6.45) is 0.693. The number of nitrogens with two attached hydrogens (primary N) is 1. The summed E-state index contributed by atoms with van der Waals surface area (Å²) < 4.78 is 5.36. The van der Waals surface area contributed by atoms with Gasteiger partial charge in [-0.1, -0.05) is 29.8 Å². The van der Waals surface area contributed by atoms with Crippen molar-refractivity contribution in [2.75, 3.05) is 19.9 Å². The number of halogens is 1. The summed E-state index contributed by atoms with van der Waals surface area (Å²) >= 11 is 6.13. The first-order valence-electron chi connectivity index (χ1n) is 7.38. The molecule has 0 aromatic heterocycles. The quantitative estimate of drug-likeness (QED) is 0.850. The van der Waals surface area contributed by atoms with E-state index in [9.17, 15) is 4.79 Å². The zero-order chi connectivity index (χ0) is 17.0. The number of nitrogens with zero attached hydrogens (tertiary/aromatic N) is 1. The molecule has 1 unspecified atom stereocenters. The Morgan fingerprint density at radius 2 is 2.00 bits per heavy atom. The van der Waals surface area contributed by atoms with Gasteiger partial charge in [0.2, 0.25) is 0 Å². The molecule has 2 aromatic carbocycles. The van der Waals surface area contributed by atoms with Crippen LogP contribution in [0.25, 0.3) is 0 Å². The SMILES string of the molecule is COc1ccccc1CC(C)N(C)C(=O)c1ccc(N)cc1Cl. The molecule has 0 fully saturated rings. The number of ether oxygens (including phenoxy) is 1. The highest BCUT2D eigenvalue weighted by Gasteiger charge is 2.21. The third-order valence-electron chi connectivity index (χ3n) is 3.91. The van der Waals surface area contributed by atoms with Crippen LogP contribution in [0.4, 0.5) is 5.69 Å². The zero-order valence-electron chi connectivity index (χ0n) is 13.5. The summed E-state index contributed by atoms with van der Waals surface area (Å²) in [7, 11) is 3.42. The normalized spacial score (nSPS) is 11.8. The van der Waals surface area contributed by atoms with Crippen molar-refractivity contribution < 1.29 is 9.53 Å². The molecule has 23 heavy (non-hydrogen) atoms. The lowest BCUT2D eigenvalue weighted by Crippen LogP contribution is -2.36. The van der Waals surface area contributed by atoms with E-state index in [1.54, 1.807) is 37.3 Å². The maximum Gasteiger partial charge on any atom is 0.255 e. The molecule has 1 atom stereocenters. The molecule has 0 saturated carbocycles. The second kappa shape index (κ2) is 7.38. The monoisotopic (exact) mass is 332 g/mol. The summed E-state index contributed by atoms with van der Waals surface area (Å²) in [6, 6.07) is 12.7. The number of hydrogen-bond acceptors (Lipinski definition) is 3. The number of anilines is 1. The highest BCUT2D eigenvalue weighted by atomic mass is 35.5. The molecular formula is C18H21ClN2O2. The van der Waals surface area contributed by atoms with Crippen molar-refractivity contribution in [3.63, 3.8) is 0 Å². The number of carbonyl (C=O) groups excluding carboxylic acids is 1. The van der Waals surface area contributed by atoms with Crippen LogP contribution in [0.15, 0.2) is 42.5 Å². The maximum absolute atomic E-state index is 12.6. The number of hydrogen-bond donors (Lipinski definition) is 1. The molecule has 4 nitrogen and oxygen atoms in total. The van der Waals surface area contributed by atoms with Crippen LogP contribution in [0.3, 0.4) is 0 Å². The lowest BCUT2D eigenvalue weighted by molar-refractivity contribution is 0.0743. The fraction of sp³-hybridized carbons (Fsp3) is 0.278. The third-order valence-corrected chi connectivity index (χ3v) is 4.23. The lowest BCUT2D eigenvalue weighted by atomic mass is 10.0. The molecule has 0 bridgehead atoms. The standard InChI is InChI=1S/C18H21ClN2O2/c1-12(10-13-6-4-5-7-17(13)23-3)21(2)18(22)15-9-8-14(20)11-16(15)19/h4-9,11-12H,10,20H2,1-3H3. The third kappa shape index (κ3) is 3.96. The topological polar surface area (TPSA) is 55.6 Å². The fourth-order valence-electron chi connectivity index (χ4n) is 2.42. The number of nitrogen functional groups attached to an aromatic ring is 1. The van der Waals surface area contributed by atoms with E-state index in [0.29, 0.717) is 22.7 Å². The predicted molar refractivity (Wildman–Crippen MR) is 94.1 cm³/mol. The molecule has 2 rings (SSSR count). The molecule has 0 aliphatic carbocycles.